The van der Waals surface area contributed by atoms with Crippen LogP contribution >= 0.6 is 0 Å². The highest BCUT2D eigenvalue weighted by Gasteiger charge is 2.29. The van der Waals surface area contributed by atoms with Gasteiger partial charge in [-0.05, 0) is 26.0 Å². The van der Waals surface area contributed by atoms with E-state index in [1.54, 1.807) is 18.0 Å². The normalized spacial score (nSPS) is 14.1. The Balaban J connectivity index is 1.92. The van der Waals surface area contributed by atoms with Crippen LogP contribution in [0.1, 0.15) is 23.0 Å². The van der Waals surface area contributed by atoms with Gasteiger partial charge in [0.25, 0.3) is 11.6 Å². The van der Waals surface area contributed by atoms with Crippen molar-refractivity contribution in [2.45, 2.75) is 13.8 Å². The van der Waals surface area contributed by atoms with Crippen molar-refractivity contribution in [2.24, 2.45) is 0 Å². The Labute approximate surface area is 196 Å². The first-order chi connectivity index (χ1) is 16.4. The maximum absolute atomic E-state index is 15.1. The van der Waals surface area contributed by atoms with Gasteiger partial charge >= 0.3 is 0 Å². The minimum absolute atomic E-state index is 0.0155. The first-order valence-electron chi connectivity index (χ1n) is 11.1. The molecule has 2 heterocycles. The van der Waals surface area contributed by atoms with E-state index in [0.717, 1.165) is 17.7 Å². The largest absolute Gasteiger partial charge is 0.379 e. The van der Waals surface area contributed by atoms with Gasteiger partial charge in [0.2, 0.25) is 0 Å². The summed E-state index contributed by atoms with van der Waals surface area (Å²) in [5.74, 6) is -0.992. The highest BCUT2D eigenvalue weighted by atomic mass is 19.1. The van der Waals surface area contributed by atoms with E-state index in [0.29, 0.717) is 44.2 Å². The number of nitrogens with zero attached hydrogens (tertiary/aromatic N) is 4. The summed E-state index contributed by atoms with van der Waals surface area (Å²) in [4.78, 5) is 29.3. The average molecular weight is 464 g/mol. The molecule has 0 saturated carbocycles. The van der Waals surface area contributed by atoms with Gasteiger partial charge in [-0.25, -0.2) is 9.40 Å². The Morgan fingerprint density at radius 2 is 1.85 bits per heavy atom. The van der Waals surface area contributed by atoms with E-state index in [1.807, 2.05) is 42.3 Å². The maximum atomic E-state index is 15.1. The second kappa shape index (κ2) is 10.1. The number of non-ortho nitro benzene ring substituents is 1. The number of hydrogen-bond donors (Lipinski definition) is 0. The van der Waals surface area contributed by atoms with Crippen molar-refractivity contribution in [3.05, 3.63) is 81.8 Å². The van der Waals surface area contributed by atoms with Gasteiger partial charge in [-0.15, -0.1) is 0 Å². The van der Waals surface area contributed by atoms with E-state index in [4.69, 9.17) is 4.74 Å². The van der Waals surface area contributed by atoms with Gasteiger partial charge in [-0.3, -0.25) is 24.9 Å². The highest BCUT2D eigenvalue weighted by molar-refractivity contribution is 6.02. The van der Waals surface area contributed by atoms with E-state index in [-0.39, 0.29) is 28.3 Å². The third kappa shape index (κ3) is 4.66. The van der Waals surface area contributed by atoms with Crippen LogP contribution in [0, 0.1) is 22.9 Å². The fourth-order valence-corrected chi connectivity index (χ4v) is 4.14. The number of aromatic nitrogens is 1. The second-order valence-corrected chi connectivity index (χ2v) is 7.89. The zero-order chi connectivity index (χ0) is 24.2. The number of nitro benzene ring substituents is 1. The third-order valence-corrected chi connectivity index (χ3v) is 5.80. The molecule has 9 heteroatoms. The lowest BCUT2D eigenvalue weighted by molar-refractivity contribution is -0.384. The predicted octanol–water partition coefficient (Wildman–Crippen LogP) is 4.48. The molecule has 34 heavy (non-hydrogen) atoms. The summed E-state index contributed by atoms with van der Waals surface area (Å²) in [6, 6.07) is 14.3. The lowest BCUT2D eigenvalue weighted by Crippen LogP contribution is -2.51. The molecule has 0 aliphatic carbocycles. The van der Waals surface area contributed by atoms with Crippen LogP contribution in [0.25, 0.3) is 22.4 Å². The van der Waals surface area contributed by atoms with Gasteiger partial charge in [0.15, 0.2) is 0 Å². The molecule has 2 aromatic carbocycles. The molecule has 176 valence electrons. The molecule has 0 N–H and O–H groups in total. The Hall–Kier alpha value is -3.69. The number of pyridine rings is 1. The third-order valence-electron chi connectivity index (χ3n) is 5.80. The molecule has 1 aliphatic heterocycles. The van der Waals surface area contributed by atoms with Crippen molar-refractivity contribution >= 4 is 11.6 Å². The number of hydrogen-bond acceptors (Lipinski definition) is 6. The molecule has 1 amide bonds. The van der Waals surface area contributed by atoms with E-state index in [2.05, 4.69) is 4.98 Å². The number of aryl methyl sites for hydroxylation is 1. The van der Waals surface area contributed by atoms with Gasteiger partial charge in [-0.1, -0.05) is 30.3 Å². The number of morpholine rings is 1. The van der Waals surface area contributed by atoms with Crippen LogP contribution in [0.5, 0.6) is 0 Å². The summed E-state index contributed by atoms with van der Waals surface area (Å²) in [5, 5.41) is 14.9. The number of rotatable bonds is 6. The van der Waals surface area contributed by atoms with Crippen LogP contribution < -0.4 is 0 Å². The molecule has 0 bridgehead atoms. The van der Waals surface area contributed by atoms with Gasteiger partial charge in [0.05, 0.1) is 35.1 Å². The summed E-state index contributed by atoms with van der Waals surface area (Å²) in [5.41, 5.74) is 1.96. The SMILES string of the molecule is CCN(C(=O)c1c(-c2cc([N+](=O)[O-])ccc2F)cc(-c2ccccc2)nc1C)N1CCOCC1. The second-order valence-electron chi connectivity index (χ2n) is 7.89. The molecule has 0 radical (unpaired) electrons. The number of halogens is 1. The van der Waals surface area contributed by atoms with E-state index < -0.39 is 10.7 Å². The zero-order valence-corrected chi connectivity index (χ0v) is 19.0. The van der Waals surface area contributed by atoms with Crippen molar-refractivity contribution in [2.75, 3.05) is 32.8 Å². The number of carbonyl (C=O) groups excluding carboxylic acids is 1. The minimum atomic E-state index is -0.654. The Morgan fingerprint density at radius 3 is 2.50 bits per heavy atom. The van der Waals surface area contributed by atoms with Crippen LogP contribution in [-0.2, 0) is 4.74 Å². The van der Waals surface area contributed by atoms with Gasteiger partial charge in [0.1, 0.15) is 5.82 Å². The highest BCUT2D eigenvalue weighted by Crippen LogP contribution is 2.34. The van der Waals surface area contributed by atoms with Crippen LogP contribution in [-0.4, -0.2) is 58.7 Å². The van der Waals surface area contributed by atoms with Crippen LogP contribution in [0.3, 0.4) is 0 Å². The number of amides is 1. The molecule has 3 aromatic rings. The predicted molar refractivity (Wildman–Crippen MR) is 126 cm³/mol. The van der Waals surface area contributed by atoms with E-state index >= 15 is 4.39 Å². The van der Waals surface area contributed by atoms with Gasteiger partial charge < -0.3 is 4.74 Å². The van der Waals surface area contributed by atoms with Crippen molar-refractivity contribution < 1.29 is 18.8 Å². The summed E-state index contributed by atoms with van der Waals surface area (Å²) in [6.07, 6.45) is 0. The molecule has 1 saturated heterocycles. The van der Waals surface area contributed by atoms with Crippen LogP contribution in [0.15, 0.2) is 54.6 Å². The molecule has 8 nitrogen and oxygen atoms in total. The molecular weight excluding hydrogens is 439 g/mol. The van der Waals surface area contributed by atoms with Crippen molar-refractivity contribution in [3.8, 4) is 22.4 Å². The Kier molecular flexibility index (Phi) is 6.95. The summed E-state index contributed by atoms with van der Waals surface area (Å²) >= 11 is 0. The number of ether oxygens (including phenoxy) is 1. The fourth-order valence-electron chi connectivity index (χ4n) is 4.14. The first-order valence-corrected chi connectivity index (χ1v) is 11.1. The maximum Gasteiger partial charge on any atom is 0.270 e. The number of carbonyl (C=O) groups is 1. The number of nitro groups is 1. The number of benzene rings is 2. The average Bonchev–Trinajstić information content (AvgIpc) is 2.85. The van der Waals surface area contributed by atoms with Gasteiger partial charge in [0, 0.05) is 48.5 Å². The Morgan fingerprint density at radius 1 is 1.15 bits per heavy atom. The van der Waals surface area contributed by atoms with E-state index in [1.165, 1.54) is 6.07 Å². The van der Waals surface area contributed by atoms with Crippen LogP contribution in [0.2, 0.25) is 0 Å². The lowest BCUT2D eigenvalue weighted by Gasteiger charge is -2.37. The standard InChI is InChI=1S/C25H25FN4O4/c1-3-29(28-11-13-34-14-12-28)25(31)24-17(2)27-23(18-7-5-4-6-8-18)16-21(24)20-15-19(30(32)33)9-10-22(20)26/h4-10,15-16H,3,11-14H2,1-2H3. The molecule has 1 fully saturated rings. The van der Waals surface area contributed by atoms with E-state index in [9.17, 15) is 14.9 Å². The smallest absolute Gasteiger partial charge is 0.270 e. The molecular formula is C25H25FN4O4. The Bertz CT molecular complexity index is 1210. The molecule has 1 aromatic heterocycles. The lowest BCUT2D eigenvalue weighted by atomic mass is 9.95. The molecule has 1 aliphatic rings. The first kappa shape index (κ1) is 23.5. The van der Waals surface area contributed by atoms with Crippen molar-refractivity contribution in [1.29, 1.82) is 0 Å². The summed E-state index contributed by atoms with van der Waals surface area (Å²) in [6.45, 7) is 6.06. The zero-order valence-electron chi connectivity index (χ0n) is 19.0. The topological polar surface area (TPSA) is 88.8 Å². The molecule has 4 rings (SSSR count). The molecule has 0 atom stereocenters. The number of hydrazine groups is 1. The minimum Gasteiger partial charge on any atom is -0.379 e. The fraction of sp³-hybridized carbons (Fsp3) is 0.280. The van der Waals surface area contributed by atoms with Gasteiger partial charge in [-0.2, -0.15) is 0 Å². The van der Waals surface area contributed by atoms with Crippen molar-refractivity contribution in [3.63, 3.8) is 0 Å². The monoisotopic (exact) mass is 464 g/mol. The molecule has 0 spiro atoms. The summed E-state index contributed by atoms with van der Waals surface area (Å²) < 4.78 is 20.5. The van der Waals surface area contributed by atoms with Crippen LogP contribution in [0.4, 0.5) is 10.1 Å². The van der Waals surface area contributed by atoms with Crippen molar-refractivity contribution in [1.82, 2.24) is 15.0 Å². The summed E-state index contributed by atoms with van der Waals surface area (Å²) in [7, 11) is 0. The molecule has 0 unspecified atom stereocenters. The quantitative estimate of drug-likeness (QED) is 0.395.